The predicted octanol–water partition coefficient (Wildman–Crippen LogP) is 2.19. The average molecular weight is 327 g/mol. The van der Waals surface area contributed by atoms with Crippen LogP contribution in [0.2, 0.25) is 0 Å². The summed E-state index contributed by atoms with van der Waals surface area (Å²) in [5, 5.41) is 15.4. The van der Waals surface area contributed by atoms with Gasteiger partial charge in [-0.25, -0.2) is 0 Å². The first-order valence-electron chi connectivity index (χ1n) is 7.69. The lowest BCUT2D eigenvalue weighted by molar-refractivity contribution is 0.0931. The van der Waals surface area contributed by atoms with Gasteiger partial charge in [-0.1, -0.05) is 6.07 Å². The fraction of sp³-hybridized carbons (Fsp3) is 0.312. The maximum Gasteiger partial charge on any atom is 0.252 e. The Morgan fingerprint density at radius 1 is 1.22 bits per heavy atom. The number of nitrogens with zero attached hydrogens (tertiary/aromatic N) is 4. The van der Waals surface area contributed by atoms with Crippen molar-refractivity contribution in [2.45, 2.75) is 18.9 Å². The van der Waals surface area contributed by atoms with Crippen LogP contribution in [0.4, 0.5) is 5.95 Å². The highest BCUT2D eigenvalue weighted by molar-refractivity contribution is 7.08. The molecule has 0 aliphatic carbocycles. The molecule has 4 rings (SSSR count). The SMILES string of the molecule is O=C(NC1CCN(c2nnc3ccccn23)CC1)c1ccsc1. The Bertz CT molecular complexity index is 805. The Morgan fingerprint density at radius 3 is 2.87 bits per heavy atom. The van der Waals surface area contributed by atoms with Crippen LogP contribution < -0.4 is 10.2 Å². The second-order valence-electron chi connectivity index (χ2n) is 5.68. The number of fused-ring (bicyclic) bond motifs is 1. The zero-order chi connectivity index (χ0) is 15.6. The van der Waals surface area contributed by atoms with Gasteiger partial charge in [0, 0.05) is 36.3 Å². The summed E-state index contributed by atoms with van der Waals surface area (Å²) in [4.78, 5) is 14.3. The molecule has 6 nitrogen and oxygen atoms in total. The highest BCUT2D eigenvalue weighted by Gasteiger charge is 2.23. The number of carbonyl (C=O) groups is 1. The first kappa shape index (κ1) is 14.2. The maximum absolute atomic E-state index is 12.1. The molecule has 0 bridgehead atoms. The molecule has 3 aromatic rings. The van der Waals surface area contributed by atoms with E-state index in [0.717, 1.165) is 43.1 Å². The van der Waals surface area contributed by atoms with Gasteiger partial charge in [-0.3, -0.25) is 9.20 Å². The number of amides is 1. The number of piperidine rings is 1. The van der Waals surface area contributed by atoms with Gasteiger partial charge in [-0.05, 0) is 36.4 Å². The number of aromatic nitrogens is 3. The van der Waals surface area contributed by atoms with E-state index < -0.39 is 0 Å². The van der Waals surface area contributed by atoms with Crippen molar-refractivity contribution in [1.82, 2.24) is 19.9 Å². The van der Waals surface area contributed by atoms with E-state index in [2.05, 4.69) is 20.4 Å². The highest BCUT2D eigenvalue weighted by Crippen LogP contribution is 2.19. The number of pyridine rings is 1. The summed E-state index contributed by atoms with van der Waals surface area (Å²) in [6.07, 6.45) is 3.81. The smallest absolute Gasteiger partial charge is 0.252 e. The molecule has 1 fully saturated rings. The summed E-state index contributed by atoms with van der Waals surface area (Å²) in [6, 6.07) is 7.97. The van der Waals surface area contributed by atoms with Crippen LogP contribution in [0.3, 0.4) is 0 Å². The summed E-state index contributed by atoms with van der Waals surface area (Å²) < 4.78 is 2.00. The third-order valence-corrected chi connectivity index (χ3v) is 4.88. The molecule has 3 aromatic heterocycles. The van der Waals surface area contributed by atoms with Crippen molar-refractivity contribution < 1.29 is 4.79 Å². The molecule has 23 heavy (non-hydrogen) atoms. The van der Waals surface area contributed by atoms with Gasteiger partial charge in [-0.2, -0.15) is 11.3 Å². The Kier molecular flexibility index (Phi) is 3.70. The standard InChI is InChI=1S/C16H17N5OS/c22-15(12-6-10-23-11-12)17-13-4-8-20(9-5-13)16-19-18-14-3-1-2-7-21(14)16/h1-3,6-7,10-11,13H,4-5,8-9H2,(H,17,22). The lowest BCUT2D eigenvalue weighted by Gasteiger charge is -2.32. The van der Waals surface area contributed by atoms with Gasteiger partial charge >= 0.3 is 0 Å². The van der Waals surface area contributed by atoms with E-state index in [1.807, 2.05) is 45.6 Å². The molecule has 1 aliphatic heterocycles. The third-order valence-electron chi connectivity index (χ3n) is 4.19. The van der Waals surface area contributed by atoms with Crippen molar-refractivity contribution in [2.75, 3.05) is 18.0 Å². The van der Waals surface area contributed by atoms with E-state index in [4.69, 9.17) is 0 Å². The van der Waals surface area contributed by atoms with Crippen molar-refractivity contribution in [3.8, 4) is 0 Å². The van der Waals surface area contributed by atoms with E-state index in [9.17, 15) is 4.79 Å². The first-order chi connectivity index (χ1) is 11.3. The molecule has 1 N–H and O–H groups in total. The first-order valence-corrected chi connectivity index (χ1v) is 8.63. The summed E-state index contributed by atoms with van der Waals surface area (Å²) >= 11 is 1.54. The van der Waals surface area contributed by atoms with E-state index in [0.29, 0.717) is 0 Å². The molecule has 1 amide bonds. The maximum atomic E-state index is 12.1. The molecule has 0 unspecified atom stereocenters. The highest BCUT2D eigenvalue weighted by atomic mass is 32.1. The number of hydrogen-bond donors (Lipinski definition) is 1. The molecule has 7 heteroatoms. The lowest BCUT2D eigenvalue weighted by atomic mass is 10.0. The predicted molar refractivity (Wildman–Crippen MR) is 90.0 cm³/mol. The second kappa shape index (κ2) is 6.00. The molecule has 4 heterocycles. The van der Waals surface area contributed by atoms with Crippen LogP contribution in [0.1, 0.15) is 23.2 Å². The summed E-state index contributed by atoms with van der Waals surface area (Å²) in [5.74, 6) is 0.904. The normalized spacial score (nSPS) is 15.9. The van der Waals surface area contributed by atoms with Crippen molar-refractivity contribution in [3.05, 3.63) is 46.8 Å². The van der Waals surface area contributed by atoms with Crippen LogP contribution in [0.25, 0.3) is 5.65 Å². The van der Waals surface area contributed by atoms with Gasteiger partial charge in [0.15, 0.2) is 5.65 Å². The van der Waals surface area contributed by atoms with Crippen molar-refractivity contribution >= 4 is 28.8 Å². The Morgan fingerprint density at radius 2 is 2.09 bits per heavy atom. The van der Waals surface area contributed by atoms with Crippen molar-refractivity contribution in [1.29, 1.82) is 0 Å². The zero-order valence-electron chi connectivity index (χ0n) is 12.6. The fourth-order valence-corrected chi connectivity index (χ4v) is 3.57. The molecule has 1 saturated heterocycles. The van der Waals surface area contributed by atoms with E-state index in [1.54, 1.807) is 11.3 Å². The van der Waals surface area contributed by atoms with Gasteiger partial charge in [-0.15, -0.1) is 10.2 Å². The van der Waals surface area contributed by atoms with E-state index in [1.165, 1.54) is 0 Å². The molecule has 0 aromatic carbocycles. The number of hydrogen-bond acceptors (Lipinski definition) is 5. The number of nitrogens with one attached hydrogen (secondary N) is 1. The van der Waals surface area contributed by atoms with Gasteiger partial charge in [0.1, 0.15) is 0 Å². The average Bonchev–Trinajstić information content (AvgIpc) is 3.25. The van der Waals surface area contributed by atoms with Gasteiger partial charge in [0.25, 0.3) is 5.91 Å². The van der Waals surface area contributed by atoms with E-state index >= 15 is 0 Å². The number of carbonyl (C=O) groups excluding carboxylic acids is 1. The van der Waals surface area contributed by atoms with Crippen LogP contribution in [-0.2, 0) is 0 Å². The fourth-order valence-electron chi connectivity index (χ4n) is 2.93. The van der Waals surface area contributed by atoms with Crippen LogP contribution in [0.15, 0.2) is 41.2 Å². The number of rotatable bonds is 3. The molecule has 0 spiro atoms. The topological polar surface area (TPSA) is 62.5 Å². The molecule has 118 valence electrons. The van der Waals surface area contributed by atoms with Crippen LogP contribution in [-0.4, -0.2) is 39.6 Å². The lowest BCUT2D eigenvalue weighted by Crippen LogP contribution is -2.45. The van der Waals surface area contributed by atoms with Gasteiger partial charge in [0.05, 0.1) is 0 Å². The molecule has 0 atom stereocenters. The van der Waals surface area contributed by atoms with Crippen LogP contribution in [0.5, 0.6) is 0 Å². The second-order valence-corrected chi connectivity index (χ2v) is 6.46. The summed E-state index contributed by atoms with van der Waals surface area (Å²) in [7, 11) is 0. The van der Waals surface area contributed by atoms with Crippen molar-refractivity contribution in [2.24, 2.45) is 0 Å². The Hall–Kier alpha value is -2.41. The third kappa shape index (κ3) is 2.79. The molecule has 0 saturated carbocycles. The van der Waals surface area contributed by atoms with Crippen LogP contribution in [0, 0.1) is 0 Å². The Labute approximate surface area is 137 Å². The monoisotopic (exact) mass is 327 g/mol. The summed E-state index contributed by atoms with van der Waals surface area (Å²) in [6.45, 7) is 1.73. The minimum atomic E-state index is 0.0256. The molecule has 0 radical (unpaired) electrons. The van der Waals surface area contributed by atoms with Gasteiger partial charge in [0.2, 0.25) is 5.95 Å². The van der Waals surface area contributed by atoms with Gasteiger partial charge < -0.3 is 10.2 Å². The zero-order valence-corrected chi connectivity index (χ0v) is 13.4. The minimum absolute atomic E-state index is 0.0256. The molecular weight excluding hydrogens is 310 g/mol. The Balaban J connectivity index is 1.40. The molecule has 1 aliphatic rings. The number of thiophene rings is 1. The summed E-state index contributed by atoms with van der Waals surface area (Å²) in [5.41, 5.74) is 1.61. The molecular formula is C16H17N5OS. The quantitative estimate of drug-likeness (QED) is 0.801. The number of anilines is 1. The van der Waals surface area contributed by atoms with Crippen molar-refractivity contribution in [3.63, 3.8) is 0 Å². The van der Waals surface area contributed by atoms with E-state index in [-0.39, 0.29) is 11.9 Å². The van der Waals surface area contributed by atoms with Crippen LogP contribution >= 0.6 is 11.3 Å². The largest absolute Gasteiger partial charge is 0.349 e. The minimum Gasteiger partial charge on any atom is -0.349 e.